The van der Waals surface area contributed by atoms with E-state index in [1.54, 1.807) is 12.3 Å². The average molecular weight is 374 g/mol. The molecule has 0 saturated heterocycles. The van der Waals surface area contributed by atoms with Gasteiger partial charge in [0.25, 0.3) is 0 Å². The van der Waals surface area contributed by atoms with Crippen LogP contribution >= 0.6 is 0 Å². The van der Waals surface area contributed by atoms with Gasteiger partial charge in [0.15, 0.2) is 5.82 Å². The number of nitrogens with zero attached hydrogens (tertiary/aromatic N) is 3. The van der Waals surface area contributed by atoms with Gasteiger partial charge in [-0.3, -0.25) is 5.10 Å². The Hall–Kier alpha value is -3.45. The van der Waals surface area contributed by atoms with Gasteiger partial charge in [0.05, 0.1) is 16.8 Å². The van der Waals surface area contributed by atoms with E-state index < -0.39 is 0 Å². The quantitative estimate of drug-likeness (QED) is 0.411. The number of phenolic OH excluding ortho intramolecular Hbond substituents is 1. The van der Waals surface area contributed by atoms with Crippen LogP contribution in [0.2, 0.25) is 0 Å². The molecule has 142 valence electrons. The molecule has 4 rings (SSSR count). The Morgan fingerprint density at radius 2 is 2.00 bits per heavy atom. The summed E-state index contributed by atoms with van der Waals surface area (Å²) in [5.74, 6) is 1.27. The molecule has 0 aliphatic heterocycles. The first-order valence-corrected chi connectivity index (χ1v) is 9.25. The van der Waals surface area contributed by atoms with E-state index in [-0.39, 0.29) is 11.8 Å². The van der Waals surface area contributed by atoms with E-state index >= 15 is 0 Å². The van der Waals surface area contributed by atoms with E-state index in [9.17, 15) is 5.11 Å². The number of hydrogen-bond donors (Lipinski definition) is 4. The zero-order valence-electron chi connectivity index (χ0n) is 15.6. The average Bonchev–Trinajstić information content (AvgIpc) is 3.26. The standard InChI is InChI=1S/C21H22N6O/c1-2-14(22)12-23-20-15-5-3-4-6-18(15)25-21(26-20)16-11-13(7-8-19(16)28)17-9-10-24-27-17/h3-11,14,28H,2,12,22H2,1H3,(H,24,27)(H,23,25,26)/t14-/m1/s1. The van der Waals surface area contributed by atoms with Crippen LogP contribution in [-0.2, 0) is 0 Å². The van der Waals surface area contributed by atoms with Gasteiger partial charge in [0.1, 0.15) is 11.6 Å². The zero-order valence-corrected chi connectivity index (χ0v) is 15.6. The second kappa shape index (κ2) is 7.66. The first kappa shape index (κ1) is 17.9. The fourth-order valence-corrected chi connectivity index (χ4v) is 3.00. The Morgan fingerprint density at radius 3 is 2.79 bits per heavy atom. The number of benzene rings is 2. The fourth-order valence-electron chi connectivity index (χ4n) is 3.00. The molecular formula is C21H22N6O. The van der Waals surface area contributed by atoms with Gasteiger partial charge in [-0.15, -0.1) is 0 Å². The van der Waals surface area contributed by atoms with Crippen LogP contribution in [-0.4, -0.2) is 37.9 Å². The van der Waals surface area contributed by atoms with Crippen LogP contribution in [0.4, 0.5) is 5.82 Å². The highest BCUT2D eigenvalue weighted by Crippen LogP contribution is 2.33. The Morgan fingerprint density at radius 1 is 1.14 bits per heavy atom. The van der Waals surface area contributed by atoms with E-state index in [0.717, 1.165) is 28.6 Å². The Balaban J connectivity index is 1.81. The molecule has 2 aromatic heterocycles. The number of nitrogens with two attached hydrogens (primary N) is 1. The van der Waals surface area contributed by atoms with Crippen LogP contribution < -0.4 is 11.1 Å². The summed E-state index contributed by atoms with van der Waals surface area (Å²) in [6.07, 6.45) is 2.56. The Labute approximate surface area is 162 Å². The third-order valence-electron chi connectivity index (χ3n) is 4.71. The molecule has 0 aliphatic carbocycles. The largest absolute Gasteiger partial charge is 0.507 e. The van der Waals surface area contributed by atoms with Crippen LogP contribution in [0.25, 0.3) is 33.5 Å². The number of nitrogens with one attached hydrogen (secondary N) is 2. The maximum atomic E-state index is 10.5. The summed E-state index contributed by atoms with van der Waals surface area (Å²) in [5.41, 5.74) is 9.16. The lowest BCUT2D eigenvalue weighted by Crippen LogP contribution is -2.28. The molecule has 1 atom stereocenters. The molecule has 0 amide bonds. The van der Waals surface area contributed by atoms with Crippen molar-refractivity contribution in [2.45, 2.75) is 19.4 Å². The molecule has 0 bridgehead atoms. The summed E-state index contributed by atoms with van der Waals surface area (Å²) in [5, 5.41) is 21.6. The highest BCUT2D eigenvalue weighted by molar-refractivity contribution is 5.91. The van der Waals surface area contributed by atoms with Gasteiger partial charge < -0.3 is 16.2 Å². The number of anilines is 1. The van der Waals surface area contributed by atoms with Crippen LogP contribution in [0.15, 0.2) is 54.7 Å². The van der Waals surface area contributed by atoms with E-state index in [1.165, 1.54) is 0 Å². The van der Waals surface area contributed by atoms with Gasteiger partial charge in [-0.25, -0.2) is 9.97 Å². The minimum Gasteiger partial charge on any atom is -0.507 e. The maximum Gasteiger partial charge on any atom is 0.165 e. The maximum absolute atomic E-state index is 10.5. The van der Waals surface area contributed by atoms with Crippen molar-refractivity contribution >= 4 is 16.7 Å². The van der Waals surface area contributed by atoms with E-state index in [1.807, 2.05) is 42.5 Å². The molecule has 7 nitrogen and oxygen atoms in total. The van der Waals surface area contributed by atoms with Gasteiger partial charge >= 0.3 is 0 Å². The van der Waals surface area contributed by atoms with Gasteiger partial charge in [0.2, 0.25) is 0 Å². The van der Waals surface area contributed by atoms with Crippen molar-refractivity contribution in [2.24, 2.45) is 5.73 Å². The SMILES string of the molecule is CC[C@@H](N)CNc1nc(-c2cc(-c3ccn[nH]3)ccc2O)nc2ccccc12. The molecule has 4 aromatic rings. The molecule has 2 aromatic carbocycles. The summed E-state index contributed by atoms with van der Waals surface area (Å²) >= 11 is 0. The Bertz CT molecular complexity index is 1090. The summed E-state index contributed by atoms with van der Waals surface area (Å²) in [4.78, 5) is 9.37. The van der Waals surface area contributed by atoms with Crippen molar-refractivity contribution in [2.75, 3.05) is 11.9 Å². The molecule has 0 aliphatic rings. The highest BCUT2D eigenvalue weighted by atomic mass is 16.3. The van der Waals surface area contributed by atoms with E-state index in [4.69, 9.17) is 10.7 Å². The molecule has 5 N–H and O–H groups in total. The molecule has 0 spiro atoms. The topological polar surface area (TPSA) is 113 Å². The van der Waals surface area contributed by atoms with Crippen molar-refractivity contribution in [3.8, 4) is 28.4 Å². The molecule has 28 heavy (non-hydrogen) atoms. The van der Waals surface area contributed by atoms with Crippen molar-refractivity contribution in [1.82, 2.24) is 20.2 Å². The van der Waals surface area contributed by atoms with Crippen LogP contribution in [0.1, 0.15) is 13.3 Å². The summed E-state index contributed by atoms with van der Waals surface area (Å²) in [6, 6.07) is 15.0. The lowest BCUT2D eigenvalue weighted by atomic mass is 10.1. The number of phenols is 1. The number of aromatic hydroxyl groups is 1. The molecular weight excluding hydrogens is 352 g/mol. The number of hydrogen-bond acceptors (Lipinski definition) is 6. The zero-order chi connectivity index (χ0) is 19.5. The second-order valence-electron chi connectivity index (χ2n) is 6.66. The first-order valence-electron chi connectivity index (χ1n) is 9.25. The third-order valence-corrected chi connectivity index (χ3v) is 4.71. The third kappa shape index (κ3) is 3.52. The van der Waals surface area contributed by atoms with E-state index in [0.29, 0.717) is 23.8 Å². The van der Waals surface area contributed by atoms with Crippen molar-refractivity contribution in [3.63, 3.8) is 0 Å². The molecule has 0 unspecified atom stereocenters. The minimum absolute atomic E-state index is 0.0364. The van der Waals surface area contributed by atoms with Crippen molar-refractivity contribution in [1.29, 1.82) is 0 Å². The molecule has 0 radical (unpaired) electrons. The number of para-hydroxylation sites is 1. The number of fused-ring (bicyclic) bond motifs is 1. The lowest BCUT2D eigenvalue weighted by molar-refractivity contribution is 0.477. The lowest BCUT2D eigenvalue weighted by Gasteiger charge is -2.14. The first-order chi connectivity index (χ1) is 13.7. The van der Waals surface area contributed by atoms with Gasteiger partial charge in [-0.1, -0.05) is 19.1 Å². The monoisotopic (exact) mass is 374 g/mol. The molecule has 7 heteroatoms. The normalized spacial score (nSPS) is 12.2. The molecule has 2 heterocycles. The van der Waals surface area contributed by atoms with Gasteiger partial charge in [-0.05, 0) is 42.8 Å². The minimum atomic E-state index is 0.0364. The molecule has 0 fully saturated rings. The van der Waals surface area contributed by atoms with Crippen LogP contribution in [0, 0.1) is 0 Å². The second-order valence-corrected chi connectivity index (χ2v) is 6.66. The predicted octanol–water partition coefficient (Wildman–Crippen LogP) is 3.54. The molecule has 0 saturated carbocycles. The van der Waals surface area contributed by atoms with Crippen molar-refractivity contribution in [3.05, 3.63) is 54.7 Å². The van der Waals surface area contributed by atoms with E-state index in [2.05, 4.69) is 27.4 Å². The summed E-state index contributed by atoms with van der Waals surface area (Å²) in [6.45, 7) is 2.66. The highest BCUT2D eigenvalue weighted by Gasteiger charge is 2.14. The smallest absolute Gasteiger partial charge is 0.165 e. The summed E-state index contributed by atoms with van der Waals surface area (Å²) in [7, 11) is 0. The fraction of sp³-hybridized carbons (Fsp3) is 0.190. The van der Waals surface area contributed by atoms with Crippen LogP contribution in [0.3, 0.4) is 0 Å². The van der Waals surface area contributed by atoms with Gasteiger partial charge in [-0.2, -0.15) is 5.10 Å². The number of aromatic nitrogens is 4. The van der Waals surface area contributed by atoms with Crippen LogP contribution in [0.5, 0.6) is 5.75 Å². The summed E-state index contributed by atoms with van der Waals surface area (Å²) < 4.78 is 0. The number of H-pyrrole nitrogens is 1. The number of aromatic amines is 1. The predicted molar refractivity (Wildman–Crippen MR) is 111 cm³/mol. The number of rotatable bonds is 6. The van der Waals surface area contributed by atoms with Gasteiger partial charge in [0, 0.05) is 29.7 Å². The Kier molecular flexibility index (Phi) is 4.90. The van der Waals surface area contributed by atoms with Crippen molar-refractivity contribution < 1.29 is 5.11 Å².